The Morgan fingerprint density at radius 1 is 1.14 bits per heavy atom. The van der Waals surface area contributed by atoms with Crippen molar-refractivity contribution in [3.63, 3.8) is 0 Å². The molecule has 2 aromatic rings. The van der Waals surface area contributed by atoms with E-state index in [0.717, 1.165) is 28.9 Å². The number of ether oxygens (including phenoxy) is 1. The smallest absolute Gasteiger partial charge is 0.336 e. The quantitative estimate of drug-likeness (QED) is 0.798. The number of rotatable bonds is 5. The summed E-state index contributed by atoms with van der Waals surface area (Å²) in [5.74, 6) is -0.906. The van der Waals surface area contributed by atoms with E-state index in [9.17, 15) is 9.59 Å². The summed E-state index contributed by atoms with van der Waals surface area (Å²) in [6.45, 7) is 2.18. The van der Waals surface area contributed by atoms with Gasteiger partial charge < -0.3 is 10.1 Å². The van der Waals surface area contributed by atoms with E-state index in [-0.39, 0.29) is 23.6 Å². The highest BCUT2D eigenvalue weighted by atomic mass is 16.5. The van der Waals surface area contributed by atoms with Gasteiger partial charge in [-0.1, -0.05) is 36.4 Å². The van der Waals surface area contributed by atoms with Gasteiger partial charge in [0.05, 0.1) is 18.1 Å². The fraction of sp³-hybridized carbons (Fsp3) is 0.292. The lowest BCUT2D eigenvalue weighted by atomic mass is 9.71. The molecule has 0 fully saturated rings. The van der Waals surface area contributed by atoms with E-state index in [0.29, 0.717) is 25.0 Å². The molecule has 0 saturated heterocycles. The van der Waals surface area contributed by atoms with Crippen molar-refractivity contribution in [2.24, 2.45) is 5.92 Å². The molecule has 5 nitrogen and oxygen atoms in total. The number of carbonyl (C=O) groups excluding carboxylic acids is 2. The molecule has 2 atom stereocenters. The minimum Gasteiger partial charge on any atom is -0.462 e. The Balaban J connectivity index is 1.62. The van der Waals surface area contributed by atoms with Gasteiger partial charge in [-0.05, 0) is 24.5 Å². The number of allylic oxidation sites excluding steroid dienone is 3. The zero-order valence-corrected chi connectivity index (χ0v) is 16.5. The highest BCUT2D eigenvalue weighted by Crippen LogP contribution is 2.43. The Morgan fingerprint density at radius 3 is 2.66 bits per heavy atom. The molecule has 2 heterocycles. The minimum atomic E-state index is -0.369. The van der Waals surface area contributed by atoms with E-state index < -0.39 is 0 Å². The summed E-state index contributed by atoms with van der Waals surface area (Å²) in [5.41, 5.74) is 4.25. The van der Waals surface area contributed by atoms with Crippen LogP contribution < -0.4 is 10.3 Å². The first-order chi connectivity index (χ1) is 14.1. The molecule has 1 aromatic carbocycles. The number of hydrogen-bond acceptors (Lipinski definition) is 4. The SMILES string of the molecule is CC1=C(C(=O)OCCc2ccccc2)C(c2cc[nH+]cc2)C2C(=O)CCC=C2N1. The predicted molar refractivity (Wildman–Crippen MR) is 108 cm³/mol. The summed E-state index contributed by atoms with van der Waals surface area (Å²) < 4.78 is 5.65. The number of pyridine rings is 1. The fourth-order valence-corrected chi connectivity index (χ4v) is 4.23. The molecule has 1 aromatic heterocycles. The van der Waals surface area contributed by atoms with Gasteiger partial charge in [0.25, 0.3) is 0 Å². The number of nitrogens with one attached hydrogen (secondary N) is 2. The summed E-state index contributed by atoms with van der Waals surface area (Å²) in [5, 5.41) is 3.30. The van der Waals surface area contributed by atoms with Crippen LogP contribution in [0.4, 0.5) is 0 Å². The lowest BCUT2D eigenvalue weighted by Crippen LogP contribution is -2.41. The van der Waals surface area contributed by atoms with Crippen LogP contribution in [0.25, 0.3) is 0 Å². The number of fused-ring (bicyclic) bond motifs is 1. The Kier molecular flexibility index (Phi) is 5.56. The van der Waals surface area contributed by atoms with Gasteiger partial charge in [-0.15, -0.1) is 0 Å². The average Bonchev–Trinajstić information content (AvgIpc) is 2.74. The van der Waals surface area contributed by atoms with E-state index in [1.807, 2.05) is 61.8 Å². The molecule has 1 aliphatic heterocycles. The number of carbonyl (C=O) groups is 2. The molecule has 1 aliphatic carbocycles. The van der Waals surface area contributed by atoms with Crippen molar-refractivity contribution >= 4 is 11.8 Å². The van der Waals surface area contributed by atoms with E-state index >= 15 is 0 Å². The average molecular weight is 389 g/mol. The minimum absolute atomic E-state index is 0.162. The number of hydrogen-bond donors (Lipinski definition) is 1. The summed E-state index contributed by atoms with van der Waals surface area (Å²) in [4.78, 5) is 28.9. The van der Waals surface area contributed by atoms with Crippen LogP contribution >= 0.6 is 0 Å². The van der Waals surface area contributed by atoms with E-state index in [4.69, 9.17) is 4.74 Å². The first-order valence-corrected chi connectivity index (χ1v) is 10.0. The van der Waals surface area contributed by atoms with Gasteiger partial charge >= 0.3 is 5.97 Å². The number of ketones is 1. The number of H-pyrrole nitrogens is 1. The Morgan fingerprint density at radius 2 is 1.90 bits per heavy atom. The van der Waals surface area contributed by atoms with Crippen LogP contribution in [0.3, 0.4) is 0 Å². The Bertz CT molecular complexity index is 964. The molecule has 0 amide bonds. The van der Waals surface area contributed by atoms with Gasteiger partial charge in [0.2, 0.25) is 0 Å². The van der Waals surface area contributed by atoms with Crippen molar-refractivity contribution in [2.45, 2.75) is 32.1 Å². The van der Waals surface area contributed by atoms with Crippen LogP contribution in [-0.2, 0) is 20.7 Å². The molecule has 2 N–H and O–H groups in total. The van der Waals surface area contributed by atoms with E-state index in [1.165, 1.54) is 0 Å². The molecular formula is C24H25N2O3+. The summed E-state index contributed by atoms with van der Waals surface area (Å²) in [6, 6.07) is 13.8. The van der Waals surface area contributed by atoms with Gasteiger partial charge in [-0.3, -0.25) is 4.79 Å². The molecule has 2 unspecified atom stereocenters. The van der Waals surface area contributed by atoms with Crippen molar-refractivity contribution in [3.8, 4) is 0 Å². The molecule has 5 heteroatoms. The molecule has 0 spiro atoms. The second-order valence-corrected chi connectivity index (χ2v) is 7.49. The maximum Gasteiger partial charge on any atom is 0.336 e. The molecule has 0 radical (unpaired) electrons. The highest BCUT2D eigenvalue weighted by molar-refractivity contribution is 5.96. The monoisotopic (exact) mass is 389 g/mol. The first kappa shape index (κ1) is 19.1. The van der Waals surface area contributed by atoms with Crippen LogP contribution in [0.1, 0.15) is 36.8 Å². The third kappa shape index (κ3) is 3.99. The van der Waals surface area contributed by atoms with Gasteiger partial charge in [0.1, 0.15) is 5.78 Å². The topological polar surface area (TPSA) is 69.5 Å². The van der Waals surface area contributed by atoms with Crippen molar-refractivity contribution < 1.29 is 19.3 Å². The predicted octanol–water partition coefficient (Wildman–Crippen LogP) is 3.11. The third-order valence-corrected chi connectivity index (χ3v) is 5.61. The molecule has 0 bridgehead atoms. The Hall–Kier alpha value is -3.21. The van der Waals surface area contributed by atoms with Crippen molar-refractivity contribution in [1.29, 1.82) is 0 Å². The van der Waals surface area contributed by atoms with Crippen LogP contribution in [0.2, 0.25) is 0 Å². The first-order valence-electron chi connectivity index (χ1n) is 10.0. The largest absolute Gasteiger partial charge is 0.462 e. The normalized spacial score (nSPS) is 21.1. The number of esters is 1. The molecule has 29 heavy (non-hydrogen) atoms. The molecule has 0 saturated carbocycles. The number of aromatic nitrogens is 1. The molecular weight excluding hydrogens is 364 g/mol. The summed E-state index contributed by atoms with van der Waals surface area (Å²) in [6.07, 6.45) is 7.61. The highest BCUT2D eigenvalue weighted by Gasteiger charge is 2.43. The van der Waals surface area contributed by atoms with Gasteiger partial charge in [0.15, 0.2) is 12.4 Å². The van der Waals surface area contributed by atoms with E-state index in [1.54, 1.807) is 0 Å². The van der Waals surface area contributed by atoms with Crippen LogP contribution in [0.5, 0.6) is 0 Å². The maximum absolute atomic E-state index is 13.1. The van der Waals surface area contributed by atoms with Crippen molar-refractivity contribution in [2.75, 3.05) is 6.61 Å². The van der Waals surface area contributed by atoms with Crippen LogP contribution in [0.15, 0.2) is 77.9 Å². The maximum atomic E-state index is 13.1. The Labute approximate surface area is 170 Å². The van der Waals surface area contributed by atoms with E-state index in [2.05, 4.69) is 16.4 Å². The second-order valence-electron chi connectivity index (χ2n) is 7.49. The molecule has 148 valence electrons. The molecule has 2 aliphatic rings. The fourth-order valence-electron chi connectivity index (χ4n) is 4.23. The van der Waals surface area contributed by atoms with Crippen LogP contribution in [-0.4, -0.2) is 18.4 Å². The van der Waals surface area contributed by atoms with Gasteiger partial charge in [0, 0.05) is 42.3 Å². The third-order valence-electron chi connectivity index (χ3n) is 5.61. The zero-order valence-electron chi connectivity index (χ0n) is 16.5. The standard InChI is InChI=1S/C24H24N2O3/c1-16-21(24(28)29-15-12-17-6-3-2-4-7-17)22(18-10-13-25-14-11-18)23-19(26-16)8-5-9-20(23)27/h2-4,6-8,10-11,13-14,22-23,26H,5,9,12,15H2,1H3/p+1. The number of benzene rings is 1. The van der Waals surface area contributed by atoms with Gasteiger partial charge in [-0.25, -0.2) is 9.78 Å². The van der Waals surface area contributed by atoms with Crippen LogP contribution in [0, 0.1) is 5.92 Å². The molecule has 4 rings (SSSR count). The summed E-state index contributed by atoms with van der Waals surface area (Å²) in [7, 11) is 0. The van der Waals surface area contributed by atoms with Gasteiger partial charge in [-0.2, -0.15) is 0 Å². The lowest BCUT2D eigenvalue weighted by molar-refractivity contribution is -0.378. The van der Waals surface area contributed by atoms with Crippen molar-refractivity contribution in [1.82, 2.24) is 5.32 Å². The zero-order chi connectivity index (χ0) is 20.2. The number of Topliss-reactive ketones (excluding diaryl/α,β-unsaturated/α-hetero) is 1. The number of aromatic amines is 1. The second kappa shape index (κ2) is 8.43. The lowest BCUT2D eigenvalue weighted by Gasteiger charge is -2.37. The van der Waals surface area contributed by atoms with Crippen molar-refractivity contribution in [3.05, 3.63) is 89.0 Å². The summed E-state index contributed by atoms with van der Waals surface area (Å²) >= 11 is 0.